The van der Waals surface area contributed by atoms with Crippen molar-refractivity contribution >= 4 is 0 Å². The van der Waals surface area contributed by atoms with Gasteiger partial charge in [-0.3, -0.25) is 0 Å². The second kappa shape index (κ2) is 4.49. The van der Waals surface area contributed by atoms with Crippen molar-refractivity contribution in [1.82, 2.24) is 9.97 Å². The van der Waals surface area contributed by atoms with Gasteiger partial charge in [-0.05, 0) is 44.7 Å². The molecule has 1 aliphatic carbocycles. The van der Waals surface area contributed by atoms with Crippen molar-refractivity contribution in [2.75, 3.05) is 0 Å². The van der Waals surface area contributed by atoms with Crippen molar-refractivity contribution < 1.29 is 0 Å². The molecule has 0 bridgehead atoms. The first kappa shape index (κ1) is 12.4. The zero-order chi connectivity index (χ0) is 13.6. The maximum atomic E-state index is 5.85. The van der Waals surface area contributed by atoms with Gasteiger partial charge < -0.3 is 10.7 Å². The van der Waals surface area contributed by atoms with Crippen LogP contribution in [0.15, 0.2) is 18.3 Å². The summed E-state index contributed by atoms with van der Waals surface area (Å²) in [6.07, 6.45) is 4.07. The number of nitrogens with zero attached hydrogens (tertiary/aromatic N) is 1. The van der Waals surface area contributed by atoms with Gasteiger partial charge in [-0.1, -0.05) is 17.7 Å². The highest BCUT2D eigenvalue weighted by molar-refractivity contribution is 5.67. The Morgan fingerprint density at radius 1 is 1.16 bits per heavy atom. The topological polar surface area (TPSA) is 54.7 Å². The Balaban J connectivity index is 1.95. The molecule has 1 saturated carbocycles. The summed E-state index contributed by atoms with van der Waals surface area (Å²) in [5, 5.41) is 0. The van der Waals surface area contributed by atoms with Gasteiger partial charge >= 0.3 is 0 Å². The summed E-state index contributed by atoms with van der Waals surface area (Å²) >= 11 is 0. The molecule has 0 spiro atoms. The predicted molar refractivity (Wildman–Crippen MR) is 78.2 cm³/mol. The third kappa shape index (κ3) is 2.19. The molecule has 3 N–H and O–H groups in total. The molecule has 1 fully saturated rings. The largest absolute Gasteiger partial charge is 0.342 e. The third-order valence-corrected chi connectivity index (χ3v) is 4.10. The quantitative estimate of drug-likeness (QED) is 0.865. The number of imidazole rings is 1. The predicted octanol–water partition coefficient (Wildman–Crippen LogP) is 3.21. The van der Waals surface area contributed by atoms with Crippen LogP contribution in [0, 0.1) is 20.8 Å². The Labute approximate surface area is 114 Å². The van der Waals surface area contributed by atoms with Crippen LogP contribution < -0.4 is 5.73 Å². The molecule has 0 aliphatic heterocycles. The molecule has 3 rings (SSSR count). The van der Waals surface area contributed by atoms with Crippen LogP contribution in [-0.4, -0.2) is 16.0 Å². The molecule has 2 aromatic rings. The highest BCUT2D eigenvalue weighted by Crippen LogP contribution is 2.35. The zero-order valence-electron chi connectivity index (χ0n) is 11.8. The fourth-order valence-corrected chi connectivity index (χ4v) is 3.16. The minimum atomic E-state index is 0.362. The molecule has 0 radical (unpaired) electrons. The summed E-state index contributed by atoms with van der Waals surface area (Å²) in [6, 6.07) is 4.81. The molecular formula is C16H21N3. The Morgan fingerprint density at radius 3 is 2.37 bits per heavy atom. The molecule has 0 amide bonds. The van der Waals surface area contributed by atoms with Gasteiger partial charge in [-0.25, -0.2) is 4.98 Å². The first-order chi connectivity index (χ1) is 9.04. The maximum Gasteiger partial charge on any atom is 0.109 e. The fourth-order valence-electron chi connectivity index (χ4n) is 3.16. The maximum absolute atomic E-state index is 5.85. The van der Waals surface area contributed by atoms with Gasteiger partial charge in [0.1, 0.15) is 5.82 Å². The first-order valence-corrected chi connectivity index (χ1v) is 6.93. The van der Waals surface area contributed by atoms with E-state index in [2.05, 4.69) is 42.9 Å². The lowest BCUT2D eigenvalue weighted by molar-refractivity contribution is 0.340. The van der Waals surface area contributed by atoms with E-state index in [1.165, 1.54) is 22.3 Å². The summed E-state index contributed by atoms with van der Waals surface area (Å²) in [6.45, 7) is 6.46. The number of nitrogens with one attached hydrogen (secondary N) is 1. The SMILES string of the molecule is Cc1cc(C)c(-c2cnc(C3CC(N)C3)[nH]2)c(C)c1. The number of hydrogen-bond donors (Lipinski definition) is 2. The molecular weight excluding hydrogens is 234 g/mol. The van der Waals surface area contributed by atoms with E-state index < -0.39 is 0 Å². The molecule has 0 unspecified atom stereocenters. The summed E-state index contributed by atoms with van der Waals surface area (Å²) < 4.78 is 0. The van der Waals surface area contributed by atoms with Gasteiger partial charge in [-0.15, -0.1) is 0 Å². The Hall–Kier alpha value is -1.61. The molecule has 1 aliphatic rings. The number of hydrogen-bond acceptors (Lipinski definition) is 2. The first-order valence-electron chi connectivity index (χ1n) is 6.93. The molecule has 1 heterocycles. The van der Waals surface area contributed by atoms with Crippen LogP contribution in [0.2, 0.25) is 0 Å². The monoisotopic (exact) mass is 255 g/mol. The highest BCUT2D eigenvalue weighted by Gasteiger charge is 2.29. The molecule has 1 aromatic carbocycles. The van der Waals surface area contributed by atoms with Crippen molar-refractivity contribution in [2.45, 2.75) is 45.6 Å². The van der Waals surface area contributed by atoms with Gasteiger partial charge in [0.05, 0.1) is 11.9 Å². The van der Waals surface area contributed by atoms with Gasteiger partial charge in [0, 0.05) is 17.5 Å². The minimum Gasteiger partial charge on any atom is -0.342 e. The van der Waals surface area contributed by atoms with Crippen molar-refractivity contribution in [3.8, 4) is 11.3 Å². The fraction of sp³-hybridized carbons (Fsp3) is 0.438. The van der Waals surface area contributed by atoms with Crippen LogP contribution in [0.1, 0.15) is 41.3 Å². The Bertz CT molecular complexity index is 583. The van der Waals surface area contributed by atoms with Gasteiger partial charge in [0.25, 0.3) is 0 Å². The van der Waals surface area contributed by atoms with E-state index in [-0.39, 0.29) is 0 Å². The van der Waals surface area contributed by atoms with E-state index in [1.54, 1.807) is 0 Å². The zero-order valence-corrected chi connectivity index (χ0v) is 11.8. The third-order valence-electron chi connectivity index (χ3n) is 4.10. The van der Waals surface area contributed by atoms with Crippen LogP contribution in [0.5, 0.6) is 0 Å². The smallest absolute Gasteiger partial charge is 0.109 e. The van der Waals surface area contributed by atoms with E-state index >= 15 is 0 Å². The standard InChI is InChI=1S/C16H21N3/c1-9-4-10(2)15(11(3)5-9)14-8-18-16(19-14)12-6-13(17)7-12/h4-5,8,12-13H,6-7,17H2,1-3H3,(H,18,19). The van der Waals surface area contributed by atoms with Crippen LogP contribution >= 0.6 is 0 Å². The number of H-pyrrole nitrogens is 1. The summed E-state index contributed by atoms with van der Waals surface area (Å²) in [4.78, 5) is 8.03. The normalized spacial score (nSPS) is 22.3. The van der Waals surface area contributed by atoms with Crippen LogP contribution in [0.3, 0.4) is 0 Å². The van der Waals surface area contributed by atoms with E-state index in [0.29, 0.717) is 12.0 Å². The summed E-state index contributed by atoms with van der Waals surface area (Å²) in [5.74, 6) is 1.62. The second-order valence-corrected chi connectivity index (χ2v) is 5.88. The van der Waals surface area contributed by atoms with Gasteiger partial charge in [0.2, 0.25) is 0 Å². The molecule has 0 saturated heterocycles. The number of nitrogens with two attached hydrogens (primary N) is 1. The average molecular weight is 255 g/mol. The Morgan fingerprint density at radius 2 is 1.79 bits per heavy atom. The summed E-state index contributed by atoms with van der Waals surface area (Å²) in [5.41, 5.74) is 12.2. The number of aromatic amines is 1. The van der Waals surface area contributed by atoms with E-state index in [0.717, 1.165) is 24.4 Å². The van der Waals surface area contributed by atoms with Crippen molar-refractivity contribution in [3.05, 3.63) is 40.8 Å². The molecule has 100 valence electrons. The van der Waals surface area contributed by atoms with Crippen molar-refractivity contribution in [3.63, 3.8) is 0 Å². The van der Waals surface area contributed by atoms with E-state index in [4.69, 9.17) is 5.73 Å². The van der Waals surface area contributed by atoms with E-state index in [1.807, 2.05) is 6.20 Å². The molecule has 1 aromatic heterocycles. The second-order valence-electron chi connectivity index (χ2n) is 5.88. The Kier molecular flexibility index (Phi) is 2.94. The average Bonchev–Trinajstić information content (AvgIpc) is 2.72. The van der Waals surface area contributed by atoms with Crippen LogP contribution in [0.25, 0.3) is 11.3 Å². The minimum absolute atomic E-state index is 0.362. The van der Waals surface area contributed by atoms with Crippen LogP contribution in [-0.2, 0) is 0 Å². The van der Waals surface area contributed by atoms with Gasteiger partial charge in [-0.2, -0.15) is 0 Å². The molecule has 19 heavy (non-hydrogen) atoms. The number of aromatic nitrogens is 2. The van der Waals surface area contributed by atoms with Gasteiger partial charge in [0.15, 0.2) is 0 Å². The lowest BCUT2D eigenvalue weighted by atomic mass is 9.80. The highest BCUT2D eigenvalue weighted by atomic mass is 14.9. The molecule has 0 atom stereocenters. The number of benzene rings is 1. The van der Waals surface area contributed by atoms with Crippen molar-refractivity contribution in [1.29, 1.82) is 0 Å². The van der Waals surface area contributed by atoms with Crippen molar-refractivity contribution in [2.24, 2.45) is 5.73 Å². The van der Waals surface area contributed by atoms with E-state index in [9.17, 15) is 0 Å². The molecule has 3 nitrogen and oxygen atoms in total. The lowest BCUT2D eigenvalue weighted by Gasteiger charge is -2.30. The summed E-state index contributed by atoms with van der Waals surface area (Å²) in [7, 11) is 0. The molecule has 3 heteroatoms. The lowest BCUT2D eigenvalue weighted by Crippen LogP contribution is -2.35. The number of aryl methyl sites for hydroxylation is 3. The van der Waals surface area contributed by atoms with Crippen LogP contribution in [0.4, 0.5) is 0 Å². The number of rotatable bonds is 2.